The second-order valence-electron chi connectivity index (χ2n) is 6.48. The summed E-state index contributed by atoms with van der Waals surface area (Å²) in [6.07, 6.45) is 1.72. The minimum atomic E-state index is -0.636. The molecule has 7 nitrogen and oxygen atoms in total. The molecule has 0 saturated heterocycles. The van der Waals surface area contributed by atoms with Gasteiger partial charge in [-0.15, -0.1) is 0 Å². The highest BCUT2D eigenvalue weighted by molar-refractivity contribution is 8.18. The maximum absolute atomic E-state index is 12.6. The summed E-state index contributed by atoms with van der Waals surface area (Å²) in [4.78, 5) is 17.6. The largest absolute Gasteiger partial charge is 0.506 e. The number of thioether (sulfide) groups is 1. The smallest absolute Gasteiger partial charge is 0.344 e. The van der Waals surface area contributed by atoms with Gasteiger partial charge in [-0.1, -0.05) is 23.9 Å². The molecule has 8 heteroatoms. The molecule has 0 radical (unpaired) electrons. The highest BCUT2D eigenvalue weighted by Crippen LogP contribution is 2.42. The molecule has 0 unspecified atom stereocenters. The molecule has 168 valence electrons. The maximum Gasteiger partial charge on any atom is 0.344 e. The fourth-order valence-corrected chi connectivity index (χ4v) is 4.09. The van der Waals surface area contributed by atoms with Gasteiger partial charge < -0.3 is 24.1 Å². The van der Waals surface area contributed by atoms with Crippen LogP contribution in [-0.2, 0) is 9.53 Å². The lowest BCUT2D eigenvalue weighted by Crippen LogP contribution is -2.12. The first-order chi connectivity index (χ1) is 15.5. The molecule has 0 fully saturated rings. The van der Waals surface area contributed by atoms with E-state index < -0.39 is 5.97 Å². The quantitative estimate of drug-likeness (QED) is 0.541. The van der Waals surface area contributed by atoms with Gasteiger partial charge in [-0.2, -0.15) is 0 Å². The minimum absolute atomic E-state index is 0.0267. The number of ether oxygens (including phenoxy) is 4. The summed E-state index contributed by atoms with van der Waals surface area (Å²) in [6.45, 7) is 4.36. The zero-order valence-electron chi connectivity index (χ0n) is 18.4. The van der Waals surface area contributed by atoms with E-state index in [9.17, 15) is 9.90 Å². The number of esters is 1. The average molecular weight is 456 g/mol. The first-order valence-corrected chi connectivity index (χ1v) is 10.9. The van der Waals surface area contributed by atoms with Gasteiger partial charge in [-0.3, -0.25) is 0 Å². The van der Waals surface area contributed by atoms with Crippen molar-refractivity contribution >= 4 is 34.5 Å². The Morgan fingerprint density at radius 1 is 1.06 bits per heavy atom. The molecule has 32 heavy (non-hydrogen) atoms. The van der Waals surface area contributed by atoms with Crippen LogP contribution in [0.3, 0.4) is 0 Å². The number of nitrogens with zero attached hydrogens (tertiary/aromatic N) is 1. The van der Waals surface area contributed by atoms with Crippen LogP contribution in [0.4, 0.5) is 5.69 Å². The molecule has 0 spiro atoms. The predicted molar refractivity (Wildman–Crippen MR) is 126 cm³/mol. The number of aliphatic imine (C=N–C) groups is 1. The van der Waals surface area contributed by atoms with Crippen molar-refractivity contribution in [1.82, 2.24) is 0 Å². The van der Waals surface area contributed by atoms with E-state index in [1.54, 1.807) is 57.6 Å². The molecule has 1 N–H and O–H groups in total. The Balaban J connectivity index is 2.04. The number of aliphatic hydroxyl groups is 1. The second kappa shape index (κ2) is 10.8. The first-order valence-electron chi connectivity index (χ1n) is 10.1. The van der Waals surface area contributed by atoms with Gasteiger partial charge in [0.2, 0.25) is 0 Å². The van der Waals surface area contributed by atoms with E-state index >= 15 is 0 Å². The summed E-state index contributed by atoms with van der Waals surface area (Å²) < 4.78 is 21.4. The molecule has 0 amide bonds. The molecular formula is C24H25NO6S. The Labute approximate surface area is 191 Å². The van der Waals surface area contributed by atoms with E-state index in [0.29, 0.717) is 39.3 Å². The van der Waals surface area contributed by atoms with E-state index in [0.717, 1.165) is 5.75 Å². The monoisotopic (exact) mass is 455 g/mol. The van der Waals surface area contributed by atoms with Crippen LogP contribution < -0.4 is 14.2 Å². The lowest BCUT2D eigenvalue weighted by Gasteiger charge is -2.10. The van der Waals surface area contributed by atoms with Gasteiger partial charge in [0.1, 0.15) is 22.1 Å². The Morgan fingerprint density at radius 2 is 1.81 bits per heavy atom. The number of para-hydroxylation sites is 1. The van der Waals surface area contributed by atoms with Crippen LogP contribution in [0.2, 0.25) is 0 Å². The minimum Gasteiger partial charge on any atom is -0.506 e. The lowest BCUT2D eigenvalue weighted by atomic mass is 10.1. The maximum atomic E-state index is 12.6. The standard InChI is InChI=1S/C24H25NO6S/c1-5-30-17-12-10-16(11-13-17)25-23-20(24(27)31-6-2)21(26)19(32-23)14-15-8-7-9-18(28-3)22(15)29-4/h7-14,26H,5-6H2,1-4H3. The summed E-state index contributed by atoms with van der Waals surface area (Å²) in [5, 5.41) is 11.2. The zero-order valence-corrected chi connectivity index (χ0v) is 19.2. The van der Waals surface area contributed by atoms with Gasteiger partial charge >= 0.3 is 5.97 Å². The predicted octanol–water partition coefficient (Wildman–Crippen LogP) is 5.30. The van der Waals surface area contributed by atoms with Crippen LogP contribution in [-0.4, -0.2) is 43.6 Å². The van der Waals surface area contributed by atoms with Gasteiger partial charge in [-0.05, 0) is 50.3 Å². The highest BCUT2D eigenvalue weighted by Gasteiger charge is 2.33. The molecule has 2 aromatic rings. The zero-order chi connectivity index (χ0) is 23.1. The molecule has 0 saturated carbocycles. The number of hydrogen-bond donors (Lipinski definition) is 1. The van der Waals surface area contributed by atoms with E-state index in [4.69, 9.17) is 18.9 Å². The van der Waals surface area contributed by atoms with Crippen molar-refractivity contribution in [3.8, 4) is 17.2 Å². The van der Waals surface area contributed by atoms with Gasteiger partial charge in [0.25, 0.3) is 0 Å². The Kier molecular flexibility index (Phi) is 7.83. The van der Waals surface area contributed by atoms with Crippen molar-refractivity contribution < 1.29 is 28.8 Å². The number of benzene rings is 2. The molecule has 3 rings (SSSR count). The third-order valence-electron chi connectivity index (χ3n) is 4.47. The fourth-order valence-electron chi connectivity index (χ4n) is 3.06. The van der Waals surface area contributed by atoms with Crippen molar-refractivity contribution in [1.29, 1.82) is 0 Å². The van der Waals surface area contributed by atoms with Gasteiger partial charge in [0.15, 0.2) is 11.5 Å². The number of methoxy groups -OCH3 is 2. The number of carbonyl (C=O) groups is 1. The summed E-state index contributed by atoms with van der Waals surface area (Å²) in [5.74, 6) is 0.976. The van der Waals surface area contributed by atoms with E-state index in [-0.39, 0.29) is 17.9 Å². The fraction of sp³-hybridized carbons (Fsp3) is 0.250. The third kappa shape index (κ3) is 5.08. The summed E-state index contributed by atoms with van der Waals surface area (Å²) in [5.41, 5.74) is 1.33. The van der Waals surface area contributed by atoms with Crippen LogP contribution in [0.25, 0.3) is 6.08 Å². The Morgan fingerprint density at radius 3 is 2.44 bits per heavy atom. The number of rotatable bonds is 8. The third-order valence-corrected chi connectivity index (χ3v) is 5.49. The van der Waals surface area contributed by atoms with Crippen LogP contribution in [0.1, 0.15) is 19.4 Å². The van der Waals surface area contributed by atoms with Gasteiger partial charge in [0.05, 0.1) is 38.0 Å². The van der Waals surface area contributed by atoms with E-state index in [2.05, 4.69) is 4.99 Å². The highest BCUT2D eigenvalue weighted by atomic mass is 32.2. The number of aliphatic hydroxyl groups excluding tert-OH is 1. The number of carbonyl (C=O) groups excluding carboxylic acids is 1. The molecule has 1 aliphatic heterocycles. The molecular weight excluding hydrogens is 430 g/mol. The Bertz CT molecular complexity index is 1070. The van der Waals surface area contributed by atoms with Crippen LogP contribution >= 0.6 is 11.8 Å². The normalized spacial score (nSPS) is 15.9. The number of hydrogen-bond acceptors (Lipinski definition) is 8. The van der Waals surface area contributed by atoms with E-state index in [1.165, 1.54) is 11.8 Å². The molecule has 2 aromatic carbocycles. The van der Waals surface area contributed by atoms with Gasteiger partial charge in [-0.25, -0.2) is 9.79 Å². The first kappa shape index (κ1) is 23.3. The van der Waals surface area contributed by atoms with Crippen molar-refractivity contribution in [3.63, 3.8) is 0 Å². The van der Waals surface area contributed by atoms with Crippen molar-refractivity contribution in [2.24, 2.45) is 4.99 Å². The van der Waals surface area contributed by atoms with Crippen LogP contribution in [0, 0.1) is 0 Å². The van der Waals surface area contributed by atoms with Crippen LogP contribution in [0.15, 0.2) is 63.7 Å². The van der Waals surface area contributed by atoms with Crippen molar-refractivity contribution in [2.75, 3.05) is 27.4 Å². The molecule has 0 aliphatic carbocycles. The molecule has 1 aliphatic rings. The topological polar surface area (TPSA) is 86.6 Å². The summed E-state index contributed by atoms with van der Waals surface area (Å²) in [7, 11) is 3.09. The van der Waals surface area contributed by atoms with Crippen molar-refractivity contribution in [2.45, 2.75) is 13.8 Å². The van der Waals surface area contributed by atoms with Crippen molar-refractivity contribution in [3.05, 3.63) is 64.3 Å². The second-order valence-corrected chi connectivity index (χ2v) is 7.51. The van der Waals surface area contributed by atoms with E-state index in [1.807, 2.05) is 19.1 Å². The summed E-state index contributed by atoms with van der Waals surface area (Å²) in [6, 6.07) is 12.6. The average Bonchev–Trinajstić information content (AvgIpc) is 3.09. The Hall–Kier alpha value is -3.39. The lowest BCUT2D eigenvalue weighted by molar-refractivity contribution is -0.138. The molecule has 0 aromatic heterocycles. The molecule has 1 heterocycles. The molecule has 0 atom stereocenters. The van der Waals surface area contributed by atoms with Gasteiger partial charge in [0, 0.05) is 5.56 Å². The SMILES string of the molecule is CCOC(=O)C1=C(O)C(=Cc2cccc(OC)c2OC)SC1=Nc1ccc(OCC)cc1. The molecule has 0 bridgehead atoms. The van der Waals surface area contributed by atoms with Crippen LogP contribution in [0.5, 0.6) is 17.2 Å². The summed E-state index contributed by atoms with van der Waals surface area (Å²) >= 11 is 1.18.